The number of halogens is 4. The lowest BCUT2D eigenvalue weighted by Gasteiger charge is -2.34. The Kier molecular flexibility index (Phi) is 6.03. The summed E-state index contributed by atoms with van der Waals surface area (Å²) >= 11 is 1.52. The minimum atomic E-state index is -3.20. The van der Waals surface area contributed by atoms with E-state index in [-0.39, 0.29) is 5.92 Å². The SMILES string of the molecule is Cc1nnc(C2CCC(C#N)(c3ccc(OC(F)F)c(OC(F)F)c3)CC2)s1. The number of alkyl halides is 4. The second-order valence-electron chi connectivity index (χ2n) is 6.55. The number of benzene rings is 1. The molecule has 0 radical (unpaired) electrons. The highest BCUT2D eigenvalue weighted by Gasteiger charge is 2.39. The van der Waals surface area contributed by atoms with Crippen LogP contribution in [0.5, 0.6) is 11.5 Å². The van der Waals surface area contributed by atoms with E-state index >= 15 is 0 Å². The standard InChI is InChI=1S/C18H17F4N3O2S/c1-10-24-25-15(28-10)11-4-6-18(9-23,7-5-11)12-2-3-13(26-16(19)20)14(8-12)27-17(21)22/h2-3,8,11,16-17H,4-7H2,1H3. The highest BCUT2D eigenvalue weighted by atomic mass is 32.1. The molecule has 1 aromatic heterocycles. The number of ether oxygens (including phenoxy) is 2. The summed E-state index contributed by atoms with van der Waals surface area (Å²) in [5.41, 5.74) is -0.473. The summed E-state index contributed by atoms with van der Waals surface area (Å²) in [6.45, 7) is -4.51. The molecule has 10 heteroatoms. The molecule has 150 valence electrons. The van der Waals surface area contributed by atoms with Crippen LogP contribution in [0.15, 0.2) is 18.2 Å². The van der Waals surface area contributed by atoms with Crippen LogP contribution in [0.2, 0.25) is 0 Å². The Balaban J connectivity index is 1.85. The molecule has 1 fully saturated rings. The van der Waals surface area contributed by atoms with E-state index in [9.17, 15) is 22.8 Å². The number of hydrogen-bond acceptors (Lipinski definition) is 6. The Bertz CT molecular complexity index is 861. The smallest absolute Gasteiger partial charge is 0.387 e. The van der Waals surface area contributed by atoms with E-state index < -0.39 is 30.1 Å². The summed E-state index contributed by atoms with van der Waals surface area (Å²) in [4.78, 5) is 0. The minimum absolute atomic E-state index is 0.186. The Morgan fingerprint density at radius 3 is 2.29 bits per heavy atom. The molecule has 1 saturated carbocycles. The van der Waals surface area contributed by atoms with Crippen LogP contribution >= 0.6 is 11.3 Å². The van der Waals surface area contributed by atoms with Crippen LogP contribution in [0, 0.1) is 18.3 Å². The van der Waals surface area contributed by atoms with Crippen molar-refractivity contribution < 1.29 is 27.0 Å². The van der Waals surface area contributed by atoms with Gasteiger partial charge in [0.1, 0.15) is 10.0 Å². The molecule has 1 aliphatic carbocycles. The average molecular weight is 415 g/mol. The lowest BCUT2D eigenvalue weighted by molar-refractivity contribution is -0.0693. The van der Waals surface area contributed by atoms with Crippen LogP contribution in [0.1, 0.15) is 47.2 Å². The summed E-state index contributed by atoms with van der Waals surface area (Å²) in [5.74, 6) is -0.819. The van der Waals surface area contributed by atoms with Gasteiger partial charge >= 0.3 is 13.2 Å². The number of nitrogens with zero attached hydrogens (tertiary/aromatic N) is 3. The van der Waals surface area contributed by atoms with Gasteiger partial charge in [-0.3, -0.25) is 0 Å². The van der Waals surface area contributed by atoms with Gasteiger partial charge in [-0.25, -0.2) is 0 Å². The molecule has 2 aromatic rings. The third kappa shape index (κ3) is 4.35. The molecule has 0 aliphatic heterocycles. The molecular formula is C18H17F4N3O2S. The largest absolute Gasteiger partial charge is 0.431 e. The fourth-order valence-electron chi connectivity index (χ4n) is 3.49. The van der Waals surface area contributed by atoms with E-state index in [2.05, 4.69) is 25.7 Å². The van der Waals surface area contributed by atoms with Crippen molar-refractivity contribution in [3.05, 3.63) is 33.8 Å². The van der Waals surface area contributed by atoms with Crippen LogP contribution < -0.4 is 9.47 Å². The van der Waals surface area contributed by atoms with Gasteiger partial charge in [0.15, 0.2) is 11.5 Å². The first kappa shape index (κ1) is 20.3. The summed E-state index contributed by atoms with van der Waals surface area (Å²) in [6.07, 6.45) is 2.33. The second-order valence-corrected chi connectivity index (χ2v) is 7.76. The second kappa shape index (κ2) is 8.31. The van der Waals surface area contributed by atoms with Crippen LogP contribution in [-0.4, -0.2) is 23.4 Å². The van der Waals surface area contributed by atoms with Gasteiger partial charge in [0.25, 0.3) is 0 Å². The highest BCUT2D eigenvalue weighted by molar-refractivity contribution is 7.11. The number of aryl methyl sites for hydroxylation is 1. The molecule has 0 amide bonds. The lowest BCUT2D eigenvalue weighted by atomic mass is 9.67. The van der Waals surface area contributed by atoms with Crippen molar-refractivity contribution >= 4 is 11.3 Å². The molecule has 1 aromatic carbocycles. The maximum absolute atomic E-state index is 12.7. The van der Waals surface area contributed by atoms with Crippen LogP contribution in [0.4, 0.5) is 17.6 Å². The zero-order valence-electron chi connectivity index (χ0n) is 14.9. The molecule has 28 heavy (non-hydrogen) atoms. The molecule has 1 heterocycles. The van der Waals surface area contributed by atoms with Gasteiger partial charge in [0, 0.05) is 5.92 Å². The van der Waals surface area contributed by atoms with Gasteiger partial charge in [-0.05, 0) is 50.3 Å². The third-order valence-corrected chi connectivity index (χ3v) is 5.87. The molecular weight excluding hydrogens is 398 g/mol. The van der Waals surface area contributed by atoms with Crippen LogP contribution in [0.3, 0.4) is 0 Å². The first-order valence-corrected chi connectivity index (χ1v) is 9.40. The van der Waals surface area contributed by atoms with Crippen LogP contribution in [-0.2, 0) is 5.41 Å². The van der Waals surface area contributed by atoms with E-state index in [0.29, 0.717) is 31.2 Å². The predicted octanol–water partition coefficient (Wildman–Crippen LogP) is 5.17. The fraction of sp³-hybridized carbons (Fsp3) is 0.500. The van der Waals surface area contributed by atoms with Gasteiger partial charge in [-0.15, -0.1) is 21.5 Å². The van der Waals surface area contributed by atoms with Crippen molar-refractivity contribution in [2.45, 2.75) is 57.2 Å². The quantitative estimate of drug-likeness (QED) is 0.609. The van der Waals surface area contributed by atoms with Crippen molar-refractivity contribution in [1.82, 2.24) is 10.2 Å². The lowest BCUT2D eigenvalue weighted by Crippen LogP contribution is -2.30. The third-order valence-electron chi connectivity index (χ3n) is 4.87. The molecule has 1 aliphatic rings. The molecule has 5 nitrogen and oxygen atoms in total. The number of aromatic nitrogens is 2. The number of rotatable bonds is 6. The van der Waals surface area contributed by atoms with E-state index in [0.717, 1.165) is 16.1 Å². The maximum Gasteiger partial charge on any atom is 0.387 e. The van der Waals surface area contributed by atoms with Gasteiger partial charge in [0.2, 0.25) is 0 Å². The summed E-state index contributed by atoms with van der Waals surface area (Å²) < 4.78 is 59.0. The summed E-state index contributed by atoms with van der Waals surface area (Å²) in [7, 11) is 0. The maximum atomic E-state index is 12.7. The fourth-order valence-corrected chi connectivity index (χ4v) is 4.35. The molecule has 0 N–H and O–H groups in total. The van der Waals surface area contributed by atoms with Crippen molar-refractivity contribution in [2.75, 3.05) is 0 Å². The molecule has 0 unspecified atom stereocenters. The Morgan fingerprint density at radius 1 is 1.11 bits per heavy atom. The van der Waals surface area contributed by atoms with Gasteiger partial charge in [-0.2, -0.15) is 22.8 Å². The number of hydrogen-bond donors (Lipinski definition) is 0. The molecule has 3 rings (SSSR count). The Hall–Kier alpha value is -2.41. The van der Waals surface area contributed by atoms with Gasteiger partial charge in [0.05, 0.1) is 11.5 Å². The van der Waals surface area contributed by atoms with E-state index in [1.807, 2.05) is 6.92 Å². The van der Waals surface area contributed by atoms with Crippen molar-refractivity contribution in [1.29, 1.82) is 5.26 Å². The molecule has 0 saturated heterocycles. The minimum Gasteiger partial charge on any atom is -0.431 e. The first-order chi connectivity index (χ1) is 13.3. The zero-order valence-corrected chi connectivity index (χ0v) is 15.7. The monoisotopic (exact) mass is 415 g/mol. The van der Waals surface area contributed by atoms with E-state index in [4.69, 9.17) is 0 Å². The van der Waals surface area contributed by atoms with Gasteiger partial charge < -0.3 is 9.47 Å². The van der Waals surface area contributed by atoms with Crippen LogP contribution in [0.25, 0.3) is 0 Å². The van der Waals surface area contributed by atoms with Gasteiger partial charge in [-0.1, -0.05) is 6.07 Å². The average Bonchev–Trinajstić information content (AvgIpc) is 3.09. The summed E-state index contributed by atoms with van der Waals surface area (Å²) in [5, 5.41) is 19.8. The molecule has 0 atom stereocenters. The summed E-state index contributed by atoms with van der Waals surface area (Å²) in [6, 6.07) is 6.07. The first-order valence-electron chi connectivity index (χ1n) is 8.58. The normalized spacial score (nSPS) is 22.3. The molecule has 0 spiro atoms. The van der Waals surface area contributed by atoms with E-state index in [1.165, 1.54) is 23.5 Å². The number of nitriles is 1. The van der Waals surface area contributed by atoms with Crippen molar-refractivity contribution in [3.8, 4) is 17.6 Å². The van der Waals surface area contributed by atoms with Crippen molar-refractivity contribution in [3.63, 3.8) is 0 Å². The topological polar surface area (TPSA) is 68.0 Å². The Labute approximate surface area is 162 Å². The predicted molar refractivity (Wildman–Crippen MR) is 92.9 cm³/mol. The van der Waals surface area contributed by atoms with E-state index in [1.54, 1.807) is 0 Å². The van der Waals surface area contributed by atoms with Crippen molar-refractivity contribution in [2.24, 2.45) is 0 Å². The highest BCUT2D eigenvalue weighted by Crippen LogP contribution is 2.47. The Morgan fingerprint density at radius 2 is 1.75 bits per heavy atom. The zero-order chi connectivity index (χ0) is 20.3. The molecule has 0 bridgehead atoms.